The van der Waals surface area contributed by atoms with Gasteiger partial charge in [0.1, 0.15) is 5.82 Å². The number of aromatic nitrogens is 1. The molecule has 0 radical (unpaired) electrons. The number of hydrogen-bond donors (Lipinski definition) is 0. The number of anilines is 1. The van der Waals surface area contributed by atoms with Crippen LogP contribution in [0.1, 0.15) is 6.42 Å². The van der Waals surface area contributed by atoms with Crippen molar-refractivity contribution in [2.75, 3.05) is 18.0 Å². The third kappa shape index (κ3) is 2.08. The van der Waals surface area contributed by atoms with Crippen molar-refractivity contribution in [3.63, 3.8) is 0 Å². The van der Waals surface area contributed by atoms with Crippen molar-refractivity contribution in [1.82, 2.24) is 4.98 Å². The molecule has 1 fully saturated rings. The van der Waals surface area contributed by atoms with Gasteiger partial charge in [-0.2, -0.15) is 0 Å². The standard InChI is InChI=1S/C9H9Cl3N2/c10-6-1-2-14(5-6)9-8(12)3-7(11)4-13-9/h3-4,6H,1-2,5H2. The Morgan fingerprint density at radius 3 is 2.79 bits per heavy atom. The Kier molecular flexibility index (Phi) is 3.05. The van der Waals surface area contributed by atoms with Crippen molar-refractivity contribution in [2.45, 2.75) is 11.8 Å². The fraction of sp³-hybridized carbons (Fsp3) is 0.444. The molecular weight excluding hydrogens is 242 g/mol. The lowest BCUT2D eigenvalue weighted by Crippen LogP contribution is -2.21. The lowest BCUT2D eigenvalue weighted by atomic mass is 10.4. The molecule has 76 valence electrons. The average molecular weight is 252 g/mol. The normalized spacial score (nSPS) is 21.6. The summed E-state index contributed by atoms with van der Waals surface area (Å²) in [6.45, 7) is 1.71. The molecule has 0 saturated carbocycles. The van der Waals surface area contributed by atoms with Gasteiger partial charge in [-0.05, 0) is 12.5 Å². The molecule has 14 heavy (non-hydrogen) atoms. The quantitative estimate of drug-likeness (QED) is 0.713. The highest BCUT2D eigenvalue weighted by molar-refractivity contribution is 6.36. The predicted molar refractivity (Wildman–Crippen MR) is 60.7 cm³/mol. The van der Waals surface area contributed by atoms with Crippen LogP contribution in [0.4, 0.5) is 5.82 Å². The van der Waals surface area contributed by atoms with E-state index in [-0.39, 0.29) is 5.38 Å². The summed E-state index contributed by atoms with van der Waals surface area (Å²) < 4.78 is 0. The summed E-state index contributed by atoms with van der Waals surface area (Å²) in [4.78, 5) is 6.28. The fourth-order valence-corrected chi connectivity index (χ4v) is 2.31. The SMILES string of the molecule is Clc1cnc(N2CCC(Cl)C2)c(Cl)c1. The molecule has 5 heteroatoms. The zero-order valence-corrected chi connectivity index (χ0v) is 9.65. The van der Waals surface area contributed by atoms with Crippen LogP contribution in [0.15, 0.2) is 12.3 Å². The number of nitrogens with zero attached hydrogens (tertiary/aromatic N) is 2. The van der Waals surface area contributed by atoms with Crippen LogP contribution in [0.5, 0.6) is 0 Å². The molecule has 1 unspecified atom stereocenters. The first-order valence-corrected chi connectivity index (χ1v) is 5.56. The highest BCUT2D eigenvalue weighted by Gasteiger charge is 2.23. The minimum atomic E-state index is 0.198. The Bertz CT molecular complexity index is 343. The number of halogens is 3. The molecule has 1 aliphatic rings. The van der Waals surface area contributed by atoms with Gasteiger partial charge in [-0.25, -0.2) is 4.98 Å². The second-order valence-corrected chi connectivity index (χ2v) is 4.75. The minimum absolute atomic E-state index is 0.198. The molecule has 1 saturated heterocycles. The Hall–Kier alpha value is -0.180. The summed E-state index contributed by atoms with van der Waals surface area (Å²) in [5.41, 5.74) is 0. The Labute approximate surface area is 97.8 Å². The monoisotopic (exact) mass is 250 g/mol. The summed E-state index contributed by atoms with van der Waals surface area (Å²) in [5.74, 6) is 0.777. The Balaban J connectivity index is 2.24. The first-order chi connectivity index (χ1) is 6.66. The van der Waals surface area contributed by atoms with Gasteiger partial charge in [0, 0.05) is 19.3 Å². The lowest BCUT2D eigenvalue weighted by Gasteiger charge is -2.17. The van der Waals surface area contributed by atoms with E-state index in [1.165, 1.54) is 0 Å². The number of pyridine rings is 1. The summed E-state index contributed by atoms with van der Waals surface area (Å²) in [6.07, 6.45) is 2.58. The first kappa shape index (κ1) is 10.3. The van der Waals surface area contributed by atoms with Gasteiger partial charge in [0.05, 0.1) is 15.4 Å². The molecule has 0 aromatic carbocycles. The molecule has 1 aromatic heterocycles. The van der Waals surface area contributed by atoms with E-state index in [0.29, 0.717) is 10.0 Å². The van der Waals surface area contributed by atoms with Gasteiger partial charge in [-0.1, -0.05) is 23.2 Å². The van der Waals surface area contributed by atoms with Crippen LogP contribution in [0.2, 0.25) is 10.0 Å². The van der Waals surface area contributed by atoms with Crippen molar-refractivity contribution in [3.05, 3.63) is 22.3 Å². The largest absolute Gasteiger partial charge is 0.354 e. The maximum atomic E-state index is 6.03. The Morgan fingerprint density at radius 2 is 2.21 bits per heavy atom. The van der Waals surface area contributed by atoms with Crippen LogP contribution in [-0.4, -0.2) is 23.5 Å². The van der Waals surface area contributed by atoms with E-state index in [4.69, 9.17) is 34.8 Å². The molecule has 0 N–H and O–H groups in total. The van der Waals surface area contributed by atoms with Crippen LogP contribution in [0, 0.1) is 0 Å². The summed E-state index contributed by atoms with van der Waals surface area (Å²) in [5, 5.41) is 1.34. The fourth-order valence-electron chi connectivity index (χ4n) is 1.55. The van der Waals surface area contributed by atoms with E-state index >= 15 is 0 Å². The van der Waals surface area contributed by atoms with Crippen molar-refractivity contribution in [2.24, 2.45) is 0 Å². The van der Waals surface area contributed by atoms with Gasteiger partial charge in [-0.15, -0.1) is 11.6 Å². The molecule has 0 aliphatic carbocycles. The van der Waals surface area contributed by atoms with Gasteiger partial charge in [0.25, 0.3) is 0 Å². The zero-order valence-electron chi connectivity index (χ0n) is 7.38. The van der Waals surface area contributed by atoms with Gasteiger partial charge in [0.2, 0.25) is 0 Å². The van der Waals surface area contributed by atoms with Crippen molar-refractivity contribution in [3.8, 4) is 0 Å². The topological polar surface area (TPSA) is 16.1 Å². The summed E-state index contributed by atoms with van der Waals surface area (Å²) >= 11 is 17.8. The number of hydrogen-bond acceptors (Lipinski definition) is 2. The molecule has 0 amide bonds. The second kappa shape index (κ2) is 4.13. The second-order valence-electron chi connectivity index (χ2n) is 3.29. The molecule has 1 aromatic rings. The minimum Gasteiger partial charge on any atom is -0.354 e. The maximum Gasteiger partial charge on any atom is 0.147 e. The molecule has 2 heterocycles. The van der Waals surface area contributed by atoms with Crippen LogP contribution in [0.3, 0.4) is 0 Å². The van der Waals surface area contributed by atoms with Crippen molar-refractivity contribution >= 4 is 40.6 Å². The number of rotatable bonds is 1. The molecule has 2 rings (SSSR count). The van der Waals surface area contributed by atoms with E-state index in [1.54, 1.807) is 12.3 Å². The van der Waals surface area contributed by atoms with E-state index in [2.05, 4.69) is 9.88 Å². The average Bonchev–Trinajstić information content (AvgIpc) is 2.51. The van der Waals surface area contributed by atoms with E-state index in [9.17, 15) is 0 Å². The smallest absolute Gasteiger partial charge is 0.147 e. The van der Waals surface area contributed by atoms with Gasteiger partial charge < -0.3 is 4.90 Å². The first-order valence-electron chi connectivity index (χ1n) is 4.37. The van der Waals surface area contributed by atoms with E-state index in [1.807, 2.05) is 0 Å². The highest BCUT2D eigenvalue weighted by atomic mass is 35.5. The van der Waals surface area contributed by atoms with Gasteiger partial charge in [0.15, 0.2) is 0 Å². The Morgan fingerprint density at radius 1 is 1.43 bits per heavy atom. The molecule has 1 aliphatic heterocycles. The highest BCUT2D eigenvalue weighted by Crippen LogP contribution is 2.29. The van der Waals surface area contributed by atoms with Gasteiger partial charge in [-0.3, -0.25) is 0 Å². The van der Waals surface area contributed by atoms with Crippen molar-refractivity contribution < 1.29 is 0 Å². The van der Waals surface area contributed by atoms with Crippen LogP contribution in [-0.2, 0) is 0 Å². The third-order valence-corrected chi connectivity index (χ3v) is 3.06. The molecular formula is C9H9Cl3N2. The van der Waals surface area contributed by atoms with Crippen LogP contribution in [0.25, 0.3) is 0 Å². The lowest BCUT2D eigenvalue weighted by molar-refractivity contribution is 0.938. The third-order valence-electron chi connectivity index (χ3n) is 2.22. The summed E-state index contributed by atoms with van der Waals surface area (Å²) in [6, 6.07) is 1.70. The summed E-state index contributed by atoms with van der Waals surface area (Å²) in [7, 11) is 0. The predicted octanol–water partition coefficient (Wildman–Crippen LogP) is 3.21. The molecule has 0 spiro atoms. The van der Waals surface area contributed by atoms with E-state index < -0.39 is 0 Å². The molecule has 1 atom stereocenters. The van der Waals surface area contributed by atoms with Crippen LogP contribution < -0.4 is 4.90 Å². The number of alkyl halides is 1. The van der Waals surface area contributed by atoms with Crippen LogP contribution >= 0.6 is 34.8 Å². The van der Waals surface area contributed by atoms with Crippen molar-refractivity contribution in [1.29, 1.82) is 0 Å². The zero-order chi connectivity index (χ0) is 10.1. The maximum absolute atomic E-state index is 6.03. The molecule has 2 nitrogen and oxygen atoms in total. The molecule has 0 bridgehead atoms. The van der Waals surface area contributed by atoms with E-state index in [0.717, 1.165) is 25.3 Å². The van der Waals surface area contributed by atoms with Gasteiger partial charge >= 0.3 is 0 Å².